The zero-order valence-electron chi connectivity index (χ0n) is 28.7. The minimum atomic E-state index is 0.839. The Morgan fingerprint density at radius 3 is 1.85 bits per heavy atom. The van der Waals surface area contributed by atoms with Crippen molar-refractivity contribution in [2.24, 2.45) is 0 Å². The van der Waals surface area contributed by atoms with Crippen LogP contribution in [0.5, 0.6) is 0 Å². The molecule has 0 saturated heterocycles. The van der Waals surface area contributed by atoms with Gasteiger partial charge in [-0.2, -0.15) is 0 Å². The fourth-order valence-electron chi connectivity index (χ4n) is 8.29. The van der Waals surface area contributed by atoms with Crippen molar-refractivity contribution in [1.82, 2.24) is 0 Å². The Morgan fingerprint density at radius 1 is 0.340 bits per heavy atom. The lowest BCUT2D eigenvalue weighted by Gasteiger charge is -2.27. The van der Waals surface area contributed by atoms with Gasteiger partial charge in [-0.25, -0.2) is 0 Å². The Labute approximate surface area is 305 Å². The highest BCUT2D eigenvalue weighted by atomic mass is 16.3. The van der Waals surface area contributed by atoms with Crippen LogP contribution in [0.2, 0.25) is 0 Å². The summed E-state index contributed by atoms with van der Waals surface area (Å²) < 4.78 is 13.4. The minimum Gasteiger partial charge on any atom is -0.455 e. The molecule has 0 aliphatic rings. The molecule has 0 radical (unpaired) electrons. The van der Waals surface area contributed by atoms with Crippen LogP contribution in [0.1, 0.15) is 0 Å². The Hall–Kier alpha value is -7.10. The first kappa shape index (κ1) is 29.6. The van der Waals surface area contributed by atoms with Crippen molar-refractivity contribution in [3.8, 4) is 22.3 Å². The van der Waals surface area contributed by atoms with Gasteiger partial charge < -0.3 is 13.7 Å². The zero-order chi connectivity index (χ0) is 34.9. The number of benzene rings is 9. The van der Waals surface area contributed by atoms with Gasteiger partial charge in [0.15, 0.2) is 5.58 Å². The van der Waals surface area contributed by atoms with Gasteiger partial charge >= 0.3 is 0 Å². The number of hydrogen-bond acceptors (Lipinski definition) is 3. The van der Waals surface area contributed by atoms with Crippen LogP contribution >= 0.6 is 0 Å². The lowest BCUT2D eigenvalue weighted by molar-refractivity contribution is 0.669. The van der Waals surface area contributed by atoms with Gasteiger partial charge in [-0.15, -0.1) is 0 Å². The molecule has 3 nitrogen and oxygen atoms in total. The highest BCUT2D eigenvalue weighted by Crippen LogP contribution is 2.48. The van der Waals surface area contributed by atoms with Crippen molar-refractivity contribution in [2.75, 3.05) is 4.90 Å². The average Bonchev–Trinajstić information content (AvgIpc) is 3.81. The number of anilines is 3. The molecule has 248 valence electrons. The molecule has 0 saturated carbocycles. The minimum absolute atomic E-state index is 0.839. The van der Waals surface area contributed by atoms with Gasteiger partial charge in [0.25, 0.3) is 0 Å². The van der Waals surface area contributed by atoms with E-state index in [4.69, 9.17) is 8.83 Å². The predicted octanol–water partition coefficient (Wildman–Crippen LogP) is 14.6. The molecular formula is C50H31NO2. The molecule has 0 spiro atoms. The molecule has 11 aromatic rings. The number of hydrogen-bond donors (Lipinski definition) is 0. The molecule has 11 rings (SSSR count). The standard InChI is InChI=1S/C50H31NO2/c1-2-13-32(14-3-1)37-22-9-16-34-17-10-23-38(47(34)37)35-18-8-19-36(31-35)51(44-26-11-24-41-40-21-6-7-27-45(40)52-50(41)44)43-25-12-28-46-48(43)42-30-29-33-15-4-5-20-39(33)49(42)53-46/h1-31H. The van der Waals surface area contributed by atoms with Crippen LogP contribution in [0, 0.1) is 0 Å². The first-order valence-electron chi connectivity index (χ1n) is 18.0. The SMILES string of the molecule is c1ccc(-c2cccc3cccc(-c4cccc(N(c5cccc6c5oc5ccccc56)c5cccc6oc7c8ccccc8ccc7c56)c4)c23)cc1. The molecule has 0 aliphatic carbocycles. The van der Waals surface area contributed by atoms with Gasteiger partial charge in [0.05, 0.1) is 16.8 Å². The van der Waals surface area contributed by atoms with Crippen LogP contribution in [0.15, 0.2) is 197 Å². The lowest BCUT2D eigenvalue weighted by atomic mass is 9.91. The summed E-state index contributed by atoms with van der Waals surface area (Å²) in [6, 6.07) is 66.7. The molecule has 3 heteroatoms. The summed E-state index contributed by atoms with van der Waals surface area (Å²) in [5.74, 6) is 0. The number of furan rings is 2. The highest BCUT2D eigenvalue weighted by molar-refractivity contribution is 6.20. The van der Waals surface area contributed by atoms with Crippen LogP contribution in [0.4, 0.5) is 17.1 Å². The van der Waals surface area contributed by atoms with Crippen LogP contribution in [0.3, 0.4) is 0 Å². The smallest absolute Gasteiger partial charge is 0.159 e. The monoisotopic (exact) mass is 677 g/mol. The van der Waals surface area contributed by atoms with Gasteiger partial charge in [0, 0.05) is 27.2 Å². The van der Waals surface area contributed by atoms with Gasteiger partial charge in [0.2, 0.25) is 0 Å². The fraction of sp³-hybridized carbons (Fsp3) is 0. The van der Waals surface area contributed by atoms with Crippen LogP contribution in [0.25, 0.3) is 87.7 Å². The average molecular weight is 678 g/mol. The van der Waals surface area contributed by atoms with Crippen molar-refractivity contribution in [3.63, 3.8) is 0 Å². The van der Waals surface area contributed by atoms with Crippen molar-refractivity contribution in [1.29, 1.82) is 0 Å². The van der Waals surface area contributed by atoms with E-state index in [2.05, 4.69) is 181 Å². The normalized spacial score (nSPS) is 11.8. The lowest BCUT2D eigenvalue weighted by Crippen LogP contribution is -2.10. The third kappa shape index (κ3) is 4.61. The number of nitrogens with zero attached hydrogens (tertiary/aromatic N) is 1. The van der Waals surface area contributed by atoms with Crippen LogP contribution < -0.4 is 4.90 Å². The molecule has 0 N–H and O–H groups in total. The topological polar surface area (TPSA) is 29.5 Å². The largest absolute Gasteiger partial charge is 0.455 e. The molecule has 0 aliphatic heterocycles. The fourth-order valence-corrected chi connectivity index (χ4v) is 8.29. The maximum absolute atomic E-state index is 6.72. The van der Waals surface area contributed by atoms with Crippen molar-refractivity contribution in [3.05, 3.63) is 188 Å². The molecule has 53 heavy (non-hydrogen) atoms. The van der Waals surface area contributed by atoms with E-state index in [0.29, 0.717) is 0 Å². The van der Waals surface area contributed by atoms with Crippen LogP contribution in [-0.2, 0) is 0 Å². The summed E-state index contributed by atoms with van der Waals surface area (Å²) >= 11 is 0. The van der Waals surface area contributed by atoms with Gasteiger partial charge in [-0.05, 0) is 80.9 Å². The first-order chi connectivity index (χ1) is 26.3. The second kappa shape index (κ2) is 11.7. The van der Waals surface area contributed by atoms with E-state index < -0.39 is 0 Å². The quantitative estimate of drug-likeness (QED) is 0.182. The molecular weight excluding hydrogens is 647 g/mol. The molecule has 0 amide bonds. The third-order valence-electron chi connectivity index (χ3n) is 10.6. The van der Waals surface area contributed by atoms with E-state index in [0.717, 1.165) is 77.3 Å². The Bertz CT molecular complexity index is 3180. The second-order valence-electron chi connectivity index (χ2n) is 13.6. The van der Waals surface area contributed by atoms with E-state index in [1.54, 1.807) is 0 Å². The van der Waals surface area contributed by atoms with Crippen molar-refractivity contribution in [2.45, 2.75) is 0 Å². The van der Waals surface area contributed by atoms with Gasteiger partial charge in [0.1, 0.15) is 16.7 Å². The van der Waals surface area contributed by atoms with E-state index in [1.807, 2.05) is 12.1 Å². The molecule has 2 aromatic heterocycles. The summed E-state index contributed by atoms with van der Waals surface area (Å²) in [5, 5.41) is 9.01. The molecule has 0 bridgehead atoms. The van der Waals surface area contributed by atoms with Crippen molar-refractivity contribution >= 4 is 82.5 Å². The number of fused-ring (bicyclic) bond motifs is 9. The van der Waals surface area contributed by atoms with Gasteiger partial charge in [-0.3, -0.25) is 0 Å². The van der Waals surface area contributed by atoms with Gasteiger partial charge in [-0.1, -0.05) is 146 Å². The first-order valence-corrected chi connectivity index (χ1v) is 18.0. The maximum atomic E-state index is 6.72. The third-order valence-corrected chi connectivity index (χ3v) is 10.6. The second-order valence-corrected chi connectivity index (χ2v) is 13.6. The number of para-hydroxylation sites is 2. The van der Waals surface area contributed by atoms with Crippen molar-refractivity contribution < 1.29 is 8.83 Å². The molecule has 0 unspecified atom stereocenters. The highest BCUT2D eigenvalue weighted by Gasteiger charge is 2.24. The van der Waals surface area contributed by atoms with E-state index in [-0.39, 0.29) is 0 Å². The molecule has 9 aromatic carbocycles. The summed E-state index contributed by atoms with van der Waals surface area (Å²) in [6.07, 6.45) is 0. The summed E-state index contributed by atoms with van der Waals surface area (Å²) in [6.45, 7) is 0. The Kier molecular flexibility index (Phi) is 6.55. The summed E-state index contributed by atoms with van der Waals surface area (Å²) in [7, 11) is 0. The molecule has 2 heterocycles. The predicted molar refractivity (Wildman–Crippen MR) is 222 cm³/mol. The van der Waals surface area contributed by atoms with E-state index in [9.17, 15) is 0 Å². The number of rotatable bonds is 5. The van der Waals surface area contributed by atoms with E-state index >= 15 is 0 Å². The maximum Gasteiger partial charge on any atom is 0.159 e. The summed E-state index contributed by atoms with van der Waals surface area (Å²) in [4.78, 5) is 2.35. The molecule has 0 fully saturated rings. The zero-order valence-corrected chi connectivity index (χ0v) is 28.7. The summed E-state index contributed by atoms with van der Waals surface area (Å²) in [5.41, 5.74) is 11.2. The molecule has 0 atom stereocenters. The van der Waals surface area contributed by atoms with E-state index in [1.165, 1.54) is 27.5 Å². The van der Waals surface area contributed by atoms with Crippen LogP contribution in [-0.4, -0.2) is 0 Å². The Morgan fingerprint density at radius 2 is 0.962 bits per heavy atom. The Balaban J connectivity index is 1.20.